The molecular weight excluding hydrogens is 379 g/mol. The van der Waals surface area contributed by atoms with Crippen LogP contribution in [0.5, 0.6) is 0 Å². The average molecular weight is 397 g/mol. The smallest absolute Gasteiger partial charge is 0.309 e. The third-order valence-electron chi connectivity index (χ3n) is 6.19. The largest absolute Gasteiger partial charge is 0.469 e. The van der Waals surface area contributed by atoms with Crippen LogP contribution < -0.4 is 5.32 Å². The average Bonchev–Trinajstić information content (AvgIpc) is 3.23. The summed E-state index contributed by atoms with van der Waals surface area (Å²) < 4.78 is 18.7. The van der Waals surface area contributed by atoms with Gasteiger partial charge in [0.1, 0.15) is 4.60 Å². The number of carbonyl (C=O) groups excluding carboxylic acids is 2. The molecule has 1 aromatic rings. The van der Waals surface area contributed by atoms with Crippen molar-refractivity contribution in [3.8, 4) is 0 Å². The van der Waals surface area contributed by atoms with E-state index in [-0.39, 0.29) is 39.6 Å². The summed E-state index contributed by atoms with van der Waals surface area (Å²) in [5.74, 6) is -1.38. The molecule has 0 saturated heterocycles. The highest BCUT2D eigenvalue weighted by molar-refractivity contribution is 9.10. The van der Waals surface area contributed by atoms with Crippen LogP contribution in [0.1, 0.15) is 25.7 Å². The van der Waals surface area contributed by atoms with E-state index in [4.69, 9.17) is 4.74 Å². The highest BCUT2D eigenvalue weighted by Gasteiger charge is 2.71. The molecule has 5 nitrogen and oxygen atoms in total. The fourth-order valence-electron chi connectivity index (χ4n) is 5.18. The van der Waals surface area contributed by atoms with Gasteiger partial charge in [-0.15, -0.1) is 0 Å². The third-order valence-corrected chi connectivity index (χ3v) is 6.77. The molecule has 1 N–H and O–H groups in total. The maximum Gasteiger partial charge on any atom is 0.309 e. The van der Waals surface area contributed by atoms with Gasteiger partial charge in [-0.2, -0.15) is 0 Å². The van der Waals surface area contributed by atoms with Gasteiger partial charge in [0.25, 0.3) is 0 Å². The SMILES string of the molecule is COC(=O)[C@H]1[C@H](C(=O)Nc2cnc(Br)c(F)c2)[C@@H]2CC[C@H]1C21CC1. The number of nitrogens with zero attached hydrogens (tertiary/aromatic N) is 1. The quantitative estimate of drug-likeness (QED) is 0.629. The number of nitrogens with one attached hydrogen (secondary N) is 1. The van der Waals surface area contributed by atoms with E-state index in [2.05, 4.69) is 26.2 Å². The molecule has 1 heterocycles. The van der Waals surface area contributed by atoms with Gasteiger partial charge in [0.05, 0.1) is 30.8 Å². The van der Waals surface area contributed by atoms with Crippen LogP contribution in [0.4, 0.5) is 10.1 Å². The van der Waals surface area contributed by atoms with Crippen molar-refractivity contribution in [2.24, 2.45) is 29.1 Å². The normalized spacial score (nSPS) is 32.0. The number of amides is 1. The van der Waals surface area contributed by atoms with Crippen LogP contribution in [-0.4, -0.2) is 24.0 Å². The second kappa shape index (κ2) is 5.51. The molecule has 7 heteroatoms. The molecule has 1 amide bonds. The zero-order chi connectivity index (χ0) is 17.1. The first-order chi connectivity index (χ1) is 11.5. The van der Waals surface area contributed by atoms with Crippen LogP contribution in [0.15, 0.2) is 16.9 Å². The summed E-state index contributed by atoms with van der Waals surface area (Å²) in [4.78, 5) is 29.0. The zero-order valence-corrected chi connectivity index (χ0v) is 14.8. The number of hydrogen-bond acceptors (Lipinski definition) is 4. The molecule has 2 bridgehead atoms. The van der Waals surface area contributed by atoms with E-state index in [1.807, 2.05) is 0 Å². The number of ether oxygens (including phenoxy) is 1. The fourth-order valence-corrected chi connectivity index (χ4v) is 5.39. The second-order valence-electron chi connectivity index (χ2n) is 7.08. The topological polar surface area (TPSA) is 68.3 Å². The number of esters is 1. The van der Waals surface area contributed by atoms with E-state index in [1.165, 1.54) is 19.4 Å². The first-order valence-electron chi connectivity index (χ1n) is 8.17. The van der Waals surface area contributed by atoms with Gasteiger partial charge in [-0.1, -0.05) is 0 Å². The van der Waals surface area contributed by atoms with Crippen LogP contribution in [0.3, 0.4) is 0 Å². The van der Waals surface area contributed by atoms with Gasteiger partial charge in [0.2, 0.25) is 5.91 Å². The molecule has 3 aliphatic carbocycles. The number of aromatic nitrogens is 1. The van der Waals surface area contributed by atoms with E-state index in [9.17, 15) is 14.0 Å². The molecule has 0 unspecified atom stereocenters. The molecule has 4 rings (SSSR count). The number of methoxy groups -OCH3 is 1. The molecule has 3 aliphatic rings. The minimum Gasteiger partial charge on any atom is -0.469 e. The molecule has 1 aromatic heterocycles. The van der Waals surface area contributed by atoms with Crippen molar-refractivity contribution in [1.29, 1.82) is 0 Å². The predicted molar refractivity (Wildman–Crippen MR) is 87.4 cm³/mol. The molecular formula is C17H18BrFN2O3. The summed E-state index contributed by atoms with van der Waals surface area (Å²) >= 11 is 2.99. The van der Waals surface area contributed by atoms with Crippen molar-refractivity contribution in [3.63, 3.8) is 0 Å². The van der Waals surface area contributed by atoms with Crippen molar-refractivity contribution in [2.75, 3.05) is 12.4 Å². The fraction of sp³-hybridized carbons (Fsp3) is 0.588. The number of halogens is 2. The molecule has 0 aliphatic heterocycles. The Kier molecular flexibility index (Phi) is 3.67. The minimum absolute atomic E-state index is 0.102. The molecule has 24 heavy (non-hydrogen) atoms. The summed E-state index contributed by atoms with van der Waals surface area (Å²) in [6.07, 6.45) is 5.55. The predicted octanol–water partition coefficient (Wildman–Crippen LogP) is 3.15. The van der Waals surface area contributed by atoms with Crippen molar-refractivity contribution in [3.05, 3.63) is 22.7 Å². The van der Waals surface area contributed by atoms with Crippen LogP contribution in [0.25, 0.3) is 0 Å². The Morgan fingerprint density at radius 1 is 1.33 bits per heavy atom. The van der Waals surface area contributed by atoms with Crippen molar-refractivity contribution in [2.45, 2.75) is 25.7 Å². The minimum atomic E-state index is -0.538. The lowest BCUT2D eigenvalue weighted by Gasteiger charge is -2.27. The van der Waals surface area contributed by atoms with Gasteiger partial charge >= 0.3 is 5.97 Å². The molecule has 1 spiro atoms. The lowest BCUT2D eigenvalue weighted by Crippen LogP contribution is -2.38. The summed E-state index contributed by atoms with van der Waals surface area (Å²) in [5.41, 5.74) is 0.460. The third kappa shape index (κ3) is 2.20. The monoisotopic (exact) mass is 396 g/mol. The van der Waals surface area contributed by atoms with Gasteiger partial charge in [-0.3, -0.25) is 9.59 Å². The standard InChI is InChI=1S/C17H18BrFN2O3/c1-24-16(23)13-10-3-2-9(17(10)4-5-17)12(13)15(22)21-8-6-11(19)14(18)20-7-8/h6-7,9-10,12-13H,2-5H2,1H3,(H,21,22)/t9-,10+,12+,13+/m0/s1. The van der Waals surface area contributed by atoms with Gasteiger partial charge in [0, 0.05) is 6.07 Å². The first-order valence-corrected chi connectivity index (χ1v) is 8.97. The molecule has 0 aromatic carbocycles. The number of pyridine rings is 1. The molecule has 0 radical (unpaired) electrons. The Bertz CT molecular complexity index is 722. The lowest BCUT2D eigenvalue weighted by molar-refractivity contribution is -0.151. The number of carbonyl (C=O) groups is 2. The van der Waals surface area contributed by atoms with E-state index < -0.39 is 11.7 Å². The van der Waals surface area contributed by atoms with Crippen LogP contribution in [0.2, 0.25) is 0 Å². The Balaban J connectivity index is 1.60. The Morgan fingerprint density at radius 3 is 2.58 bits per heavy atom. The highest BCUT2D eigenvalue weighted by atomic mass is 79.9. The van der Waals surface area contributed by atoms with Crippen molar-refractivity contribution < 1.29 is 18.7 Å². The van der Waals surface area contributed by atoms with Crippen LogP contribution in [0, 0.1) is 34.9 Å². The summed E-state index contributed by atoms with van der Waals surface area (Å²) in [5, 5.41) is 2.74. The molecule has 4 atom stereocenters. The van der Waals surface area contributed by atoms with Gasteiger partial charge < -0.3 is 10.1 Å². The summed E-state index contributed by atoms with van der Waals surface area (Å²) in [6.45, 7) is 0. The van der Waals surface area contributed by atoms with E-state index in [1.54, 1.807) is 0 Å². The molecule has 3 fully saturated rings. The van der Waals surface area contributed by atoms with Crippen LogP contribution in [-0.2, 0) is 14.3 Å². The maximum absolute atomic E-state index is 13.6. The maximum atomic E-state index is 13.6. The second-order valence-corrected chi connectivity index (χ2v) is 7.84. The van der Waals surface area contributed by atoms with Crippen molar-refractivity contribution in [1.82, 2.24) is 4.98 Å². The van der Waals surface area contributed by atoms with Gasteiger partial charge in [-0.05, 0) is 58.9 Å². The Hall–Kier alpha value is -1.50. The lowest BCUT2D eigenvalue weighted by atomic mass is 9.78. The molecule has 3 saturated carbocycles. The Labute approximate surface area is 147 Å². The van der Waals surface area contributed by atoms with Crippen molar-refractivity contribution >= 4 is 33.5 Å². The number of anilines is 1. The molecule has 128 valence electrons. The zero-order valence-electron chi connectivity index (χ0n) is 13.2. The Morgan fingerprint density at radius 2 is 2.00 bits per heavy atom. The first kappa shape index (κ1) is 16.0. The highest BCUT2D eigenvalue weighted by Crippen LogP contribution is 2.74. The van der Waals surface area contributed by atoms with E-state index in [0.717, 1.165) is 25.7 Å². The van der Waals surface area contributed by atoms with E-state index in [0.29, 0.717) is 5.69 Å². The summed E-state index contributed by atoms with van der Waals surface area (Å²) in [6, 6.07) is 1.22. The van der Waals surface area contributed by atoms with Gasteiger partial charge in [0.15, 0.2) is 5.82 Å². The van der Waals surface area contributed by atoms with Gasteiger partial charge in [-0.25, -0.2) is 9.37 Å². The summed E-state index contributed by atoms with van der Waals surface area (Å²) in [7, 11) is 1.37. The number of hydrogen-bond donors (Lipinski definition) is 1. The van der Waals surface area contributed by atoms with Crippen LogP contribution >= 0.6 is 15.9 Å². The number of rotatable bonds is 3. The van der Waals surface area contributed by atoms with E-state index >= 15 is 0 Å².